The molecule has 0 aliphatic carbocycles. The maximum absolute atomic E-state index is 11.7. The summed E-state index contributed by atoms with van der Waals surface area (Å²) in [4.78, 5) is 11.7. The van der Waals surface area contributed by atoms with Crippen LogP contribution in [-0.4, -0.2) is 59.8 Å². The van der Waals surface area contributed by atoms with E-state index in [1.165, 1.54) is 0 Å². The molecule has 0 aromatic heterocycles. The fraction of sp³-hybridized carbons (Fsp3) is 0.929. The van der Waals surface area contributed by atoms with Gasteiger partial charge in [-0.15, -0.1) is 0 Å². The van der Waals surface area contributed by atoms with Crippen molar-refractivity contribution >= 4 is 6.09 Å². The molecule has 128 valence electrons. The number of aliphatic hydroxyl groups is 1. The molecule has 2 aliphatic rings. The number of nitrogens with one attached hydrogen (secondary N) is 1. The molecule has 0 saturated carbocycles. The van der Waals surface area contributed by atoms with E-state index < -0.39 is 48.1 Å². The van der Waals surface area contributed by atoms with E-state index in [1.807, 2.05) is 0 Å². The Morgan fingerprint density at radius 1 is 1.32 bits per heavy atom. The lowest BCUT2D eigenvalue weighted by molar-refractivity contribution is -0.216. The molecule has 5 atom stereocenters. The minimum Gasteiger partial charge on any atom is -0.444 e. The lowest BCUT2D eigenvalue weighted by Crippen LogP contribution is -2.62. The van der Waals surface area contributed by atoms with Crippen molar-refractivity contribution in [3.05, 3.63) is 0 Å². The first-order valence-electron chi connectivity index (χ1n) is 7.40. The van der Waals surface area contributed by atoms with E-state index in [4.69, 9.17) is 24.7 Å². The second-order valence-electron chi connectivity index (χ2n) is 7.09. The fourth-order valence-electron chi connectivity index (χ4n) is 2.57. The second-order valence-corrected chi connectivity index (χ2v) is 7.09. The molecule has 0 aromatic carbocycles. The Hall–Kier alpha value is -0.930. The van der Waals surface area contributed by atoms with E-state index >= 15 is 0 Å². The number of carbonyl (C=O) groups is 1. The largest absolute Gasteiger partial charge is 0.444 e. The highest BCUT2D eigenvalue weighted by atomic mass is 16.8. The van der Waals surface area contributed by atoms with Crippen molar-refractivity contribution in [2.75, 3.05) is 6.54 Å². The Kier molecular flexibility index (Phi) is 4.70. The number of rotatable bonds is 2. The van der Waals surface area contributed by atoms with Gasteiger partial charge in [0, 0.05) is 6.54 Å². The molecule has 1 unspecified atom stereocenters. The minimum absolute atomic E-state index is 0.124. The van der Waals surface area contributed by atoms with Crippen molar-refractivity contribution in [1.82, 2.24) is 5.32 Å². The van der Waals surface area contributed by atoms with Crippen LogP contribution in [0.2, 0.25) is 0 Å². The summed E-state index contributed by atoms with van der Waals surface area (Å²) in [6.07, 6.45) is -3.28. The Morgan fingerprint density at radius 3 is 2.50 bits per heavy atom. The Bertz CT molecular complexity index is 422. The van der Waals surface area contributed by atoms with Crippen molar-refractivity contribution in [3.63, 3.8) is 0 Å². The number of ether oxygens (including phenoxy) is 4. The number of nitrogens with two attached hydrogens (primary N) is 1. The van der Waals surface area contributed by atoms with Gasteiger partial charge in [-0.05, 0) is 34.6 Å². The van der Waals surface area contributed by atoms with E-state index in [0.717, 1.165) is 0 Å². The number of amides is 1. The molecule has 4 N–H and O–H groups in total. The smallest absolute Gasteiger partial charge is 0.407 e. The van der Waals surface area contributed by atoms with Gasteiger partial charge in [0.15, 0.2) is 12.1 Å². The van der Waals surface area contributed by atoms with E-state index in [0.29, 0.717) is 0 Å². The predicted octanol–water partition coefficient (Wildman–Crippen LogP) is 0.0757. The molecule has 0 radical (unpaired) electrons. The predicted molar refractivity (Wildman–Crippen MR) is 76.9 cm³/mol. The maximum Gasteiger partial charge on any atom is 0.407 e. The Balaban J connectivity index is 1.97. The highest BCUT2D eigenvalue weighted by Gasteiger charge is 2.53. The summed E-state index contributed by atoms with van der Waals surface area (Å²) < 4.78 is 22.1. The van der Waals surface area contributed by atoms with Gasteiger partial charge in [-0.2, -0.15) is 0 Å². The zero-order chi connectivity index (χ0) is 16.7. The summed E-state index contributed by atoms with van der Waals surface area (Å²) in [5, 5.41) is 12.5. The van der Waals surface area contributed by atoms with Gasteiger partial charge in [0.1, 0.15) is 23.9 Å². The topological polar surface area (TPSA) is 112 Å². The molecule has 22 heavy (non-hydrogen) atoms. The third-order valence-electron chi connectivity index (χ3n) is 3.40. The average molecular weight is 318 g/mol. The van der Waals surface area contributed by atoms with Crippen LogP contribution in [-0.2, 0) is 18.9 Å². The van der Waals surface area contributed by atoms with Gasteiger partial charge >= 0.3 is 6.09 Å². The van der Waals surface area contributed by atoms with Crippen molar-refractivity contribution in [3.8, 4) is 0 Å². The van der Waals surface area contributed by atoms with E-state index in [-0.39, 0.29) is 6.54 Å². The molecule has 2 rings (SSSR count). The SMILES string of the molecule is CC(C)(C)OC(=O)NC[C@H]1OC(O)[C@H](N)[C@H]2OC(C)(C)O[C@H]21. The molecule has 0 aromatic rings. The van der Waals surface area contributed by atoms with Crippen molar-refractivity contribution < 1.29 is 28.8 Å². The molecule has 8 nitrogen and oxygen atoms in total. The van der Waals surface area contributed by atoms with Gasteiger partial charge < -0.3 is 35.1 Å². The van der Waals surface area contributed by atoms with Crippen molar-refractivity contribution in [1.29, 1.82) is 0 Å². The molecule has 8 heteroatoms. The first-order valence-corrected chi connectivity index (χ1v) is 7.40. The summed E-state index contributed by atoms with van der Waals surface area (Å²) in [6.45, 7) is 8.99. The van der Waals surface area contributed by atoms with Crippen LogP contribution in [0.4, 0.5) is 4.79 Å². The van der Waals surface area contributed by atoms with Crippen LogP contribution >= 0.6 is 0 Å². The van der Waals surface area contributed by atoms with Gasteiger partial charge in [-0.1, -0.05) is 0 Å². The summed E-state index contributed by atoms with van der Waals surface area (Å²) in [7, 11) is 0. The highest BCUT2D eigenvalue weighted by molar-refractivity contribution is 5.67. The van der Waals surface area contributed by atoms with Crippen LogP contribution in [0, 0.1) is 0 Å². The number of fused-ring (bicyclic) bond motifs is 1. The third kappa shape index (κ3) is 4.08. The lowest BCUT2D eigenvalue weighted by atomic mass is 9.97. The van der Waals surface area contributed by atoms with Crippen LogP contribution in [0.1, 0.15) is 34.6 Å². The summed E-state index contributed by atoms with van der Waals surface area (Å²) in [5.41, 5.74) is 5.31. The van der Waals surface area contributed by atoms with Crippen molar-refractivity contribution in [2.45, 2.75) is 76.7 Å². The molecule has 2 saturated heterocycles. The number of hydrogen-bond acceptors (Lipinski definition) is 7. The van der Waals surface area contributed by atoms with Gasteiger partial charge in [0.05, 0.1) is 6.04 Å². The number of aliphatic hydroxyl groups excluding tert-OH is 1. The van der Waals surface area contributed by atoms with Crippen LogP contribution < -0.4 is 11.1 Å². The van der Waals surface area contributed by atoms with Crippen LogP contribution in [0.5, 0.6) is 0 Å². The maximum atomic E-state index is 11.7. The summed E-state index contributed by atoms with van der Waals surface area (Å²) >= 11 is 0. The minimum atomic E-state index is -1.18. The van der Waals surface area contributed by atoms with Gasteiger partial charge in [-0.25, -0.2) is 4.79 Å². The Labute approximate surface area is 130 Å². The van der Waals surface area contributed by atoms with Gasteiger partial charge in [0.2, 0.25) is 0 Å². The molecule has 0 spiro atoms. The number of hydrogen-bond donors (Lipinski definition) is 3. The molecule has 0 bridgehead atoms. The molecule has 2 heterocycles. The lowest BCUT2D eigenvalue weighted by Gasteiger charge is -2.38. The molecule has 2 aliphatic heterocycles. The van der Waals surface area contributed by atoms with Gasteiger partial charge in [0.25, 0.3) is 0 Å². The summed E-state index contributed by atoms with van der Waals surface area (Å²) in [5.74, 6) is -0.815. The monoisotopic (exact) mass is 318 g/mol. The van der Waals surface area contributed by atoms with E-state index in [9.17, 15) is 9.90 Å². The average Bonchev–Trinajstić information content (AvgIpc) is 2.66. The zero-order valence-electron chi connectivity index (χ0n) is 13.7. The molecular formula is C14H26N2O6. The second kappa shape index (κ2) is 5.93. The van der Waals surface area contributed by atoms with Crippen molar-refractivity contribution in [2.24, 2.45) is 5.73 Å². The van der Waals surface area contributed by atoms with Crippen LogP contribution in [0.3, 0.4) is 0 Å². The quantitative estimate of drug-likeness (QED) is 0.660. The molecule has 2 fully saturated rings. The summed E-state index contributed by atoms with van der Waals surface area (Å²) in [6, 6.07) is -0.704. The standard InChI is InChI=1S/C14H26N2O6/c1-13(2,3)22-12(18)16-6-7-9-10(8(15)11(17)19-7)21-14(4,5)20-9/h7-11,17H,6,15H2,1-5H3,(H,16,18)/t7-,8-,9+,10-,11?/m1/s1. The van der Waals surface area contributed by atoms with Crippen LogP contribution in [0.15, 0.2) is 0 Å². The first kappa shape index (κ1) is 17.4. The molecular weight excluding hydrogens is 292 g/mol. The zero-order valence-corrected chi connectivity index (χ0v) is 13.7. The number of carbonyl (C=O) groups excluding carboxylic acids is 1. The van der Waals surface area contributed by atoms with E-state index in [2.05, 4.69) is 5.32 Å². The third-order valence-corrected chi connectivity index (χ3v) is 3.40. The Morgan fingerprint density at radius 2 is 1.91 bits per heavy atom. The fourth-order valence-corrected chi connectivity index (χ4v) is 2.57. The first-order chi connectivity index (χ1) is 9.98. The van der Waals surface area contributed by atoms with E-state index in [1.54, 1.807) is 34.6 Å². The van der Waals surface area contributed by atoms with Crippen LogP contribution in [0.25, 0.3) is 0 Å². The number of alkyl carbamates (subject to hydrolysis) is 1. The highest BCUT2D eigenvalue weighted by Crippen LogP contribution is 2.36. The van der Waals surface area contributed by atoms with Gasteiger partial charge in [-0.3, -0.25) is 0 Å². The normalized spacial score (nSPS) is 37.5. The molecule has 1 amide bonds.